The van der Waals surface area contributed by atoms with Crippen molar-refractivity contribution in [1.82, 2.24) is 10.2 Å². The molecule has 0 bridgehead atoms. The molecule has 1 unspecified atom stereocenters. The van der Waals surface area contributed by atoms with E-state index in [1.807, 2.05) is 65.6 Å². The molecular formula is C23H28N4O4. The maximum Gasteiger partial charge on any atom is 0.437 e. The minimum atomic E-state index is -0.774. The van der Waals surface area contributed by atoms with Crippen LogP contribution in [-0.4, -0.2) is 42.7 Å². The van der Waals surface area contributed by atoms with Crippen molar-refractivity contribution >= 4 is 18.1 Å². The van der Waals surface area contributed by atoms with E-state index in [1.54, 1.807) is 0 Å². The summed E-state index contributed by atoms with van der Waals surface area (Å²) in [4.78, 5) is 30.5. The van der Waals surface area contributed by atoms with Gasteiger partial charge < -0.3 is 20.1 Å². The first-order valence-corrected chi connectivity index (χ1v) is 10.4. The summed E-state index contributed by atoms with van der Waals surface area (Å²) in [5.41, 5.74) is 7.39. The molecule has 1 aliphatic heterocycles. The van der Waals surface area contributed by atoms with Crippen molar-refractivity contribution in [2.24, 2.45) is 16.6 Å². The topological polar surface area (TPSA) is 106 Å². The molecular weight excluding hydrogens is 396 g/mol. The molecule has 3 rings (SSSR count). The minimum Gasteiger partial charge on any atom is -0.444 e. The summed E-state index contributed by atoms with van der Waals surface area (Å²) >= 11 is 0. The van der Waals surface area contributed by atoms with E-state index in [2.05, 4.69) is 10.3 Å². The Bertz CT molecular complexity index is 874. The SMILES string of the molecule is NCCC1CCN(C(=NC(=O)OCc2ccccc2)NC(=O)OCc2ccccc2)C1. The van der Waals surface area contributed by atoms with Gasteiger partial charge in [-0.05, 0) is 36.4 Å². The zero-order valence-electron chi connectivity index (χ0n) is 17.4. The molecule has 2 aromatic rings. The smallest absolute Gasteiger partial charge is 0.437 e. The van der Waals surface area contributed by atoms with E-state index >= 15 is 0 Å². The summed E-state index contributed by atoms with van der Waals surface area (Å²) in [5, 5.41) is 2.60. The molecule has 2 amide bonds. The van der Waals surface area contributed by atoms with Gasteiger partial charge in [0.2, 0.25) is 5.96 Å². The number of alkyl carbamates (subject to hydrolysis) is 1. The van der Waals surface area contributed by atoms with Crippen molar-refractivity contribution in [1.29, 1.82) is 0 Å². The second-order valence-corrected chi connectivity index (χ2v) is 7.34. The number of nitrogens with one attached hydrogen (secondary N) is 1. The lowest BCUT2D eigenvalue weighted by Gasteiger charge is -2.20. The Hall–Kier alpha value is -3.39. The van der Waals surface area contributed by atoms with Crippen LogP contribution in [0.2, 0.25) is 0 Å². The molecule has 0 aliphatic carbocycles. The highest BCUT2D eigenvalue weighted by Gasteiger charge is 2.26. The van der Waals surface area contributed by atoms with Gasteiger partial charge in [-0.25, -0.2) is 9.59 Å². The molecule has 164 valence electrons. The first-order valence-electron chi connectivity index (χ1n) is 10.4. The van der Waals surface area contributed by atoms with Gasteiger partial charge in [0.1, 0.15) is 13.2 Å². The fourth-order valence-corrected chi connectivity index (χ4v) is 3.36. The fraction of sp³-hybridized carbons (Fsp3) is 0.348. The Labute approximate surface area is 182 Å². The largest absolute Gasteiger partial charge is 0.444 e. The van der Waals surface area contributed by atoms with Crippen molar-refractivity contribution in [2.45, 2.75) is 26.1 Å². The van der Waals surface area contributed by atoms with Crippen molar-refractivity contribution in [3.63, 3.8) is 0 Å². The fourth-order valence-electron chi connectivity index (χ4n) is 3.36. The lowest BCUT2D eigenvalue weighted by Crippen LogP contribution is -2.44. The maximum atomic E-state index is 12.3. The highest BCUT2D eigenvalue weighted by Crippen LogP contribution is 2.19. The monoisotopic (exact) mass is 424 g/mol. The molecule has 8 heteroatoms. The van der Waals surface area contributed by atoms with Crippen LogP contribution in [-0.2, 0) is 22.7 Å². The maximum absolute atomic E-state index is 12.3. The number of aliphatic imine (C=N–C) groups is 1. The van der Waals surface area contributed by atoms with Crippen LogP contribution in [0.25, 0.3) is 0 Å². The van der Waals surface area contributed by atoms with Crippen molar-refractivity contribution in [2.75, 3.05) is 19.6 Å². The van der Waals surface area contributed by atoms with Crippen molar-refractivity contribution in [3.05, 3.63) is 71.8 Å². The van der Waals surface area contributed by atoms with Crippen LogP contribution < -0.4 is 11.1 Å². The van der Waals surface area contributed by atoms with Gasteiger partial charge in [0.15, 0.2) is 0 Å². The van der Waals surface area contributed by atoms with Gasteiger partial charge in [-0.3, -0.25) is 5.32 Å². The van der Waals surface area contributed by atoms with E-state index in [4.69, 9.17) is 15.2 Å². The highest BCUT2D eigenvalue weighted by molar-refractivity contribution is 5.98. The van der Waals surface area contributed by atoms with Crippen LogP contribution in [0.3, 0.4) is 0 Å². The first kappa shape index (κ1) is 22.3. The molecule has 0 spiro atoms. The number of carbonyl (C=O) groups is 2. The van der Waals surface area contributed by atoms with Gasteiger partial charge in [0, 0.05) is 13.1 Å². The standard InChI is InChI=1S/C23H28N4O4/c24-13-11-18-12-14-27(15-18)21(25-22(28)30-16-19-7-3-1-4-8-19)26-23(29)31-17-20-9-5-2-6-10-20/h1-10,18H,11-17,24H2,(H,25,26,28,29). The normalized spacial score (nSPS) is 16.1. The lowest BCUT2D eigenvalue weighted by molar-refractivity contribution is 0.143. The van der Waals surface area contributed by atoms with Gasteiger partial charge in [0.25, 0.3) is 0 Å². The zero-order valence-corrected chi connectivity index (χ0v) is 17.4. The predicted octanol–water partition coefficient (Wildman–Crippen LogP) is 3.28. The van der Waals surface area contributed by atoms with Crippen LogP contribution in [0.1, 0.15) is 24.0 Å². The molecule has 1 aliphatic rings. The summed E-state index contributed by atoms with van der Waals surface area (Å²) in [7, 11) is 0. The predicted molar refractivity (Wildman–Crippen MR) is 117 cm³/mol. The Morgan fingerprint density at radius 3 is 2.23 bits per heavy atom. The molecule has 8 nitrogen and oxygen atoms in total. The second-order valence-electron chi connectivity index (χ2n) is 7.34. The number of benzene rings is 2. The van der Waals surface area contributed by atoms with Crippen LogP contribution in [0.4, 0.5) is 9.59 Å². The van der Waals surface area contributed by atoms with Gasteiger partial charge in [-0.1, -0.05) is 60.7 Å². The number of carbonyl (C=O) groups excluding carboxylic acids is 2. The minimum absolute atomic E-state index is 0.102. The molecule has 1 saturated heterocycles. The van der Waals surface area contributed by atoms with E-state index in [0.717, 1.165) is 24.0 Å². The average molecular weight is 425 g/mol. The summed E-state index contributed by atoms with van der Waals surface area (Å²) in [5.74, 6) is 0.522. The molecule has 3 N–H and O–H groups in total. The van der Waals surface area contributed by atoms with Crippen molar-refractivity contribution in [3.8, 4) is 0 Å². The third-order valence-electron chi connectivity index (χ3n) is 4.99. The van der Waals surface area contributed by atoms with E-state index < -0.39 is 12.2 Å². The Kier molecular flexibility index (Phi) is 8.42. The number of hydrogen-bond donors (Lipinski definition) is 2. The lowest BCUT2D eigenvalue weighted by atomic mass is 10.1. The van der Waals surface area contributed by atoms with E-state index in [-0.39, 0.29) is 19.2 Å². The van der Waals surface area contributed by atoms with Crippen LogP contribution in [0.5, 0.6) is 0 Å². The summed E-state index contributed by atoms with van der Waals surface area (Å²) in [6.45, 7) is 2.13. The number of ether oxygens (including phenoxy) is 2. The van der Waals surface area contributed by atoms with Gasteiger partial charge in [-0.2, -0.15) is 0 Å². The Morgan fingerprint density at radius 2 is 1.61 bits per heavy atom. The first-order chi connectivity index (χ1) is 15.1. The molecule has 0 aromatic heterocycles. The number of nitrogens with zero attached hydrogens (tertiary/aromatic N) is 2. The number of guanidine groups is 1. The summed E-state index contributed by atoms with van der Waals surface area (Å²) in [6, 6.07) is 18.7. The van der Waals surface area contributed by atoms with Gasteiger partial charge in [0.05, 0.1) is 0 Å². The van der Waals surface area contributed by atoms with Gasteiger partial charge in [-0.15, -0.1) is 4.99 Å². The number of likely N-dealkylation sites (tertiary alicyclic amines) is 1. The average Bonchev–Trinajstić information content (AvgIpc) is 3.26. The molecule has 2 aromatic carbocycles. The Balaban J connectivity index is 1.61. The van der Waals surface area contributed by atoms with Crippen LogP contribution in [0.15, 0.2) is 65.7 Å². The van der Waals surface area contributed by atoms with Crippen molar-refractivity contribution < 1.29 is 19.1 Å². The quantitative estimate of drug-likeness (QED) is 0.545. The number of hydrogen-bond acceptors (Lipinski definition) is 5. The third kappa shape index (κ3) is 7.42. The number of nitrogens with two attached hydrogens (primary N) is 1. The molecule has 0 saturated carbocycles. The third-order valence-corrected chi connectivity index (χ3v) is 4.99. The molecule has 1 heterocycles. The molecule has 1 fully saturated rings. The van der Waals surface area contributed by atoms with Crippen LogP contribution >= 0.6 is 0 Å². The van der Waals surface area contributed by atoms with E-state index in [9.17, 15) is 9.59 Å². The molecule has 1 atom stereocenters. The number of amides is 2. The Morgan fingerprint density at radius 1 is 1.00 bits per heavy atom. The highest BCUT2D eigenvalue weighted by atomic mass is 16.6. The second kappa shape index (κ2) is 11.7. The van der Waals surface area contributed by atoms with Gasteiger partial charge >= 0.3 is 12.2 Å². The molecule has 31 heavy (non-hydrogen) atoms. The molecule has 0 radical (unpaired) electrons. The zero-order chi connectivity index (χ0) is 21.9. The summed E-state index contributed by atoms with van der Waals surface area (Å²) < 4.78 is 10.5. The van der Waals surface area contributed by atoms with E-state index in [1.165, 1.54) is 0 Å². The van der Waals surface area contributed by atoms with Crippen LogP contribution in [0, 0.1) is 5.92 Å². The number of rotatable bonds is 6. The van der Waals surface area contributed by atoms with E-state index in [0.29, 0.717) is 25.6 Å². The summed E-state index contributed by atoms with van der Waals surface area (Å²) in [6.07, 6.45) is 0.335.